The summed E-state index contributed by atoms with van der Waals surface area (Å²) >= 11 is 0. The van der Waals surface area contributed by atoms with Gasteiger partial charge in [0, 0.05) is 17.5 Å². The first-order valence-electron chi connectivity index (χ1n) is 4.11. The number of hydrogen-bond acceptors (Lipinski definition) is 1. The van der Waals surface area contributed by atoms with Crippen molar-refractivity contribution in [1.29, 1.82) is 0 Å². The van der Waals surface area contributed by atoms with Crippen molar-refractivity contribution in [2.45, 2.75) is 18.0 Å². The summed E-state index contributed by atoms with van der Waals surface area (Å²) < 4.78 is 86.7. The molecule has 0 unspecified atom stereocenters. The average molecular weight is 260 g/mol. The van der Waals surface area contributed by atoms with E-state index in [2.05, 4.69) is 11.9 Å². The Bertz CT molecular complexity index is 393. The Balaban J connectivity index is 3.23. The second kappa shape index (κ2) is 3.85. The fraction of sp³-hybridized carbons (Fsp3) is 0.333. The number of hydrogen-bond donors (Lipinski definition) is 0. The summed E-state index contributed by atoms with van der Waals surface area (Å²) in [6, 6.07) is 1.24. The molecule has 8 heteroatoms. The molecule has 95 valence electrons. The van der Waals surface area contributed by atoms with Crippen molar-refractivity contribution in [3.63, 3.8) is 0 Å². The monoisotopic (exact) mass is 260 g/mol. The van der Waals surface area contributed by atoms with Gasteiger partial charge < -0.3 is 0 Å². The normalized spacial score (nSPS) is 13.9. The maximum absolute atomic E-state index is 13.0. The van der Waals surface area contributed by atoms with Crippen LogP contribution in [0.4, 0.5) is 30.7 Å². The van der Waals surface area contributed by atoms with Crippen molar-refractivity contribution < 1.29 is 30.7 Å². The van der Waals surface area contributed by atoms with E-state index in [9.17, 15) is 30.7 Å². The Morgan fingerprint density at radius 1 is 0.941 bits per heavy atom. The molecule has 0 aliphatic rings. The first-order chi connectivity index (χ1) is 7.50. The Kier molecular flexibility index (Phi) is 3.11. The third-order valence-electron chi connectivity index (χ3n) is 1.94. The molecule has 1 aromatic rings. The number of rotatable bonds is 2. The lowest BCUT2D eigenvalue weighted by atomic mass is 10.0. The summed E-state index contributed by atoms with van der Waals surface area (Å²) in [6.07, 6.45) is -6.11. The maximum Gasteiger partial charge on any atom is 0.460 e. The zero-order valence-corrected chi connectivity index (χ0v) is 8.03. The van der Waals surface area contributed by atoms with Crippen molar-refractivity contribution in [1.82, 2.24) is 4.98 Å². The highest BCUT2D eigenvalue weighted by atomic mass is 19.4. The SMILES string of the molecule is [CH2]c1ccc(C(F)(F)C(F)(F)C(F)(F)F)cn1. The molecular formula is C9H5F7N. The summed E-state index contributed by atoms with van der Waals surface area (Å²) in [6.45, 7) is 3.19. The van der Waals surface area contributed by atoms with E-state index in [1.165, 1.54) is 0 Å². The molecule has 17 heavy (non-hydrogen) atoms. The second-order valence-electron chi connectivity index (χ2n) is 3.18. The number of alkyl halides is 7. The third-order valence-corrected chi connectivity index (χ3v) is 1.94. The molecule has 0 aromatic carbocycles. The molecule has 0 atom stereocenters. The van der Waals surface area contributed by atoms with Crippen LogP contribution in [-0.4, -0.2) is 17.1 Å². The number of pyridine rings is 1. The van der Waals surface area contributed by atoms with Crippen molar-refractivity contribution in [3.05, 3.63) is 36.5 Å². The van der Waals surface area contributed by atoms with Gasteiger partial charge in [-0.3, -0.25) is 4.98 Å². The van der Waals surface area contributed by atoms with Crippen LogP contribution in [0.5, 0.6) is 0 Å². The van der Waals surface area contributed by atoms with Gasteiger partial charge in [-0.15, -0.1) is 0 Å². The highest BCUT2D eigenvalue weighted by molar-refractivity contribution is 5.23. The lowest BCUT2D eigenvalue weighted by Crippen LogP contribution is -2.50. The Morgan fingerprint density at radius 2 is 1.47 bits per heavy atom. The molecule has 0 saturated heterocycles. The van der Waals surface area contributed by atoms with Crippen LogP contribution in [-0.2, 0) is 5.92 Å². The molecule has 0 bridgehead atoms. The van der Waals surface area contributed by atoms with E-state index in [1.54, 1.807) is 0 Å². The summed E-state index contributed by atoms with van der Waals surface area (Å²) in [4.78, 5) is 3.15. The Morgan fingerprint density at radius 3 is 1.82 bits per heavy atom. The molecule has 1 nitrogen and oxygen atoms in total. The van der Waals surface area contributed by atoms with E-state index < -0.39 is 23.6 Å². The van der Waals surface area contributed by atoms with Gasteiger partial charge in [-0.25, -0.2) is 0 Å². The molecule has 0 amide bonds. The molecule has 0 aliphatic heterocycles. The van der Waals surface area contributed by atoms with Crippen molar-refractivity contribution in [2.24, 2.45) is 0 Å². The molecule has 0 saturated carbocycles. The van der Waals surface area contributed by atoms with Crippen LogP contribution >= 0.6 is 0 Å². The summed E-state index contributed by atoms with van der Waals surface area (Å²) in [5, 5.41) is 0. The molecular weight excluding hydrogens is 255 g/mol. The zero-order chi connectivity index (χ0) is 13.5. The van der Waals surface area contributed by atoms with E-state index in [4.69, 9.17) is 0 Å². The third kappa shape index (κ3) is 2.20. The van der Waals surface area contributed by atoms with Crippen molar-refractivity contribution in [2.75, 3.05) is 0 Å². The lowest BCUT2D eigenvalue weighted by Gasteiger charge is -2.28. The topological polar surface area (TPSA) is 12.9 Å². The fourth-order valence-electron chi connectivity index (χ4n) is 0.970. The molecule has 0 spiro atoms. The van der Waals surface area contributed by atoms with Crippen LogP contribution in [0.2, 0.25) is 0 Å². The summed E-state index contributed by atoms with van der Waals surface area (Å²) in [7, 11) is 0. The van der Waals surface area contributed by atoms with Crippen LogP contribution in [0.15, 0.2) is 18.3 Å². The summed E-state index contributed by atoms with van der Waals surface area (Å²) in [5.74, 6) is -11.5. The molecule has 1 aromatic heterocycles. The quantitative estimate of drug-likeness (QED) is 0.741. The maximum atomic E-state index is 13.0. The zero-order valence-electron chi connectivity index (χ0n) is 8.03. The lowest BCUT2D eigenvalue weighted by molar-refractivity contribution is -0.359. The predicted octanol–water partition coefficient (Wildman–Crippen LogP) is 3.55. The standard InChI is InChI=1S/C9H5F7N/c1-5-2-3-6(4-17-5)7(10,11)8(12,13)9(14,15)16/h2-4H,1H2. The van der Waals surface area contributed by atoms with Gasteiger partial charge in [0.15, 0.2) is 0 Å². The smallest absolute Gasteiger partial charge is 0.261 e. The number of nitrogens with zero attached hydrogens (tertiary/aromatic N) is 1. The number of halogens is 7. The minimum absolute atomic E-state index is 0.0279. The van der Waals surface area contributed by atoms with Crippen LogP contribution in [0, 0.1) is 6.92 Å². The van der Waals surface area contributed by atoms with Gasteiger partial charge in [0.2, 0.25) is 0 Å². The number of aromatic nitrogens is 1. The summed E-state index contributed by atoms with van der Waals surface area (Å²) in [5.41, 5.74) is -1.55. The van der Waals surface area contributed by atoms with Gasteiger partial charge in [0.1, 0.15) is 0 Å². The second-order valence-corrected chi connectivity index (χ2v) is 3.18. The molecule has 0 N–H and O–H groups in total. The minimum Gasteiger partial charge on any atom is -0.261 e. The predicted molar refractivity (Wildman–Crippen MR) is 43.6 cm³/mol. The minimum atomic E-state index is -6.35. The Hall–Kier alpha value is -1.34. The largest absolute Gasteiger partial charge is 0.460 e. The van der Waals surface area contributed by atoms with Crippen molar-refractivity contribution >= 4 is 0 Å². The van der Waals surface area contributed by atoms with Crippen LogP contribution in [0.25, 0.3) is 0 Å². The molecule has 1 rings (SSSR count). The molecule has 1 heterocycles. The van der Waals surface area contributed by atoms with Gasteiger partial charge in [-0.2, -0.15) is 30.7 Å². The highest BCUT2D eigenvalue weighted by Gasteiger charge is 2.73. The van der Waals surface area contributed by atoms with E-state index in [0.29, 0.717) is 6.07 Å². The van der Waals surface area contributed by atoms with E-state index in [0.717, 1.165) is 6.07 Å². The highest BCUT2D eigenvalue weighted by Crippen LogP contribution is 2.51. The van der Waals surface area contributed by atoms with Gasteiger partial charge in [0.25, 0.3) is 0 Å². The van der Waals surface area contributed by atoms with E-state index in [1.807, 2.05) is 0 Å². The van der Waals surface area contributed by atoms with Gasteiger partial charge in [-0.05, 0) is 19.1 Å². The first kappa shape index (κ1) is 13.7. The van der Waals surface area contributed by atoms with E-state index in [-0.39, 0.29) is 11.9 Å². The average Bonchev–Trinajstić information content (AvgIpc) is 2.16. The molecule has 1 radical (unpaired) electrons. The van der Waals surface area contributed by atoms with Crippen LogP contribution in [0.3, 0.4) is 0 Å². The van der Waals surface area contributed by atoms with Gasteiger partial charge in [0.05, 0.1) is 0 Å². The van der Waals surface area contributed by atoms with Crippen LogP contribution < -0.4 is 0 Å². The molecule has 0 aliphatic carbocycles. The first-order valence-corrected chi connectivity index (χ1v) is 4.11. The van der Waals surface area contributed by atoms with Crippen molar-refractivity contribution in [3.8, 4) is 0 Å². The Labute approximate surface area is 91.3 Å². The molecule has 0 fully saturated rings. The van der Waals surface area contributed by atoms with Crippen LogP contribution in [0.1, 0.15) is 11.3 Å². The van der Waals surface area contributed by atoms with Gasteiger partial charge >= 0.3 is 18.0 Å². The fourth-order valence-corrected chi connectivity index (χ4v) is 0.970. The van der Waals surface area contributed by atoms with E-state index >= 15 is 0 Å². The van der Waals surface area contributed by atoms with Gasteiger partial charge in [-0.1, -0.05) is 0 Å².